The van der Waals surface area contributed by atoms with Crippen molar-refractivity contribution in [3.05, 3.63) is 36.0 Å². The van der Waals surface area contributed by atoms with E-state index in [4.69, 9.17) is 4.74 Å². The summed E-state index contributed by atoms with van der Waals surface area (Å²) in [6.45, 7) is 3.68. The molecule has 0 N–H and O–H groups in total. The van der Waals surface area contributed by atoms with Gasteiger partial charge in [0.1, 0.15) is 6.54 Å². The summed E-state index contributed by atoms with van der Waals surface area (Å²) in [7, 11) is 0. The second kappa shape index (κ2) is 8.14. The van der Waals surface area contributed by atoms with Gasteiger partial charge in [0, 0.05) is 43.3 Å². The first-order valence-electron chi connectivity index (χ1n) is 9.92. The number of benzene rings is 1. The van der Waals surface area contributed by atoms with Crippen LogP contribution in [0.4, 0.5) is 0 Å². The molecule has 7 nitrogen and oxygen atoms in total. The molecule has 7 heteroatoms. The van der Waals surface area contributed by atoms with Crippen molar-refractivity contribution in [2.75, 3.05) is 39.4 Å². The molecule has 0 atom stereocenters. The van der Waals surface area contributed by atoms with E-state index < -0.39 is 11.7 Å². The first kappa shape index (κ1) is 18.7. The van der Waals surface area contributed by atoms with Gasteiger partial charge in [-0.2, -0.15) is 0 Å². The molecule has 2 aromatic rings. The van der Waals surface area contributed by atoms with E-state index in [1.54, 1.807) is 20.6 Å². The summed E-state index contributed by atoms with van der Waals surface area (Å²) >= 11 is 0. The van der Waals surface area contributed by atoms with E-state index in [-0.39, 0.29) is 12.5 Å². The Balaban J connectivity index is 1.59. The molecular weight excluding hydrogens is 358 g/mol. The molecule has 2 amide bonds. The predicted molar refractivity (Wildman–Crippen MR) is 104 cm³/mol. The number of para-hydroxylation sites is 1. The molecule has 0 radical (unpaired) electrons. The number of hydrogen-bond donors (Lipinski definition) is 0. The molecule has 1 aromatic heterocycles. The second-order valence-electron chi connectivity index (χ2n) is 7.36. The number of likely N-dealkylation sites (tertiary alicyclic amines) is 1. The number of aromatic nitrogens is 1. The zero-order valence-electron chi connectivity index (χ0n) is 15.9. The van der Waals surface area contributed by atoms with Crippen molar-refractivity contribution in [2.24, 2.45) is 0 Å². The first-order valence-corrected chi connectivity index (χ1v) is 9.92. The lowest BCUT2D eigenvalue weighted by Crippen LogP contribution is -2.42. The molecule has 0 spiro atoms. The Kier molecular flexibility index (Phi) is 5.43. The fraction of sp³-hybridized carbons (Fsp3) is 0.476. The van der Waals surface area contributed by atoms with Crippen LogP contribution >= 0.6 is 0 Å². The van der Waals surface area contributed by atoms with Gasteiger partial charge >= 0.3 is 0 Å². The molecule has 0 aliphatic carbocycles. The smallest absolute Gasteiger partial charge is 0.295 e. The van der Waals surface area contributed by atoms with Crippen molar-refractivity contribution in [3.8, 4) is 0 Å². The van der Waals surface area contributed by atoms with E-state index in [9.17, 15) is 14.4 Å². The Morgan fingerprint density at radius 1 is 0.893 bits per heavy atom. The van der Waals surface area contributed by atoms with Crippen LogP contribution in [-0.2, 0) is 20.9 Å². The number of carbonyl (C=O) groups is 3. The number of ketones is 1. The van der Waals surface area contributed by atoms with Crippen LogP contribution in [0.15, 0.2) is 30.5 Å². The van der Waals surface area contributed by atoms with Crippen molar-refractivity contribution < 1.29 is 19.1 Å². The number of nitrogens with zero attached hydrogens (tertiary/aromatic N) is 3. The number of ether oxygens (including phenoxy) is 1. The Bertz CT molecular complexity index is 892. The Hall–Kier alpha value is -2.67. The van der Waals surface area contributed by atoms with Crippen molar-refractivity contribution in [1.29, 1.82) is 0 Å². The maximum Gasteiger partial charge on any atom is 0.295 e. The highest BCUT2D eigenvalue weighted by molar-refractivity contribution is 6.44. The van der Waals surface area contributed by atoms with E-state index >= 15 is 0 Å². The molecule has 0 saturated carbocycles. The van der Waals surface area contributed by atoms with Crippen LogP contribution in [0.1, 0.15) is 29.6 Å². The van der Waals surface area contributed by atoms with Gasteiger partial charge < -0.3 is 19.1 Å². The molecule has 2 aliphatic heterocycles. The number of fused-ring (bicyclic) bond motifs is 1. The minimum absolute atomic E-state index is 0.00888. The highest BCUT2D eigenvalue weighted by atomic mass is 16.5. The summed E-state index contributed by atoms with van der Waals surface area (Å²) in [5.74, 6) is -0.941. The van der Waals surface area contributed by atoms with Crippen molar-refractivity contribution in [1.82, 2.24) is 14.4 Å². The number of Topliss-reactive ketones (excluding diaryl/α,β-unsaturated/α-hetero) is 1. The molecule has 3 heterocycles. The molecule has 148 valence electrons. The zero-order chi connectivity index (χ0) is 19.5. The van der Waals surface area contributed by atoms with Crippen LogP contribution < -0.4 is 0 Å². The van der Waals surface area contributed by atoms with Crippen LogP contribution in [0, 0.1) is 0 Å². The van der Waals surface area contributed by atoms with Gasteiger partial charge in [0.25, 0.3) is 11.7 Å². The van der Waals surface area contributed by atoms with Crippen LogP contribution in [0.5, 0.6) is 0 Å². The molecule has 1 aromatic carbocycles. The lowest BCUT2D eigenvalue weighted by molar-refractivity contribution is -0.135. The molecule has 2 aliphatic rings. The average Bonchev–Trinajstić information content (AvgIpc) is 3.12. The van der Waals surface area contributed by atoms with E-state index in [0.29, 0.717) is 50.3 Å². The Morgan fingerprint density at radius 2 is 1.61 bits per heavy atom. The standard InChI is InChI=1S/C21H25N3O4/c25-19(22-10-12-28-13-11-22)15-24-14-17(16-6-2-3-7-18(16)24)20(26)21(27)23-8-4-1-5-9-23/h2-3,6-7,14H,1,4-5,8-13,15H2. The number of morpholine rings is 1. The minimum Gasteiger partial charge on any atom is -0.378 e. The van der Waals surface area contributed by atoms with Gasteiger partial charge in [-0.05, 0) is 25.3 Å². The molecule has 0 unspecified atom stereocenters. The molecular formula is C21H25N3O4. The summed E-state index contributed by atoms with van der Waals surface area (Å²) in [6.07, 6.45) is 4.64. The number of amides is 2. The van der Waals surface area contributed by atoms with E-state index in [0.717, 1.165) is 24.8 Å². The number of carbonyl (C=O) groups excluding carboxylic acids is 3. The average molecular weight is 383 g/mol. The lowest BCUT2D eigenvalue weighted by Gasteiger charge is -2.27. The summed E-state index contributed by atoms with van der Waals surface area (Å²) < 4.78 is 7.08. The van der Waals surface area contributed by atoms with E-state index in [1.165, 1.54) is 0 Å². The molecule has 0 bridgehead atoms. The summed E-state index contributed by atoms with van der Waals surface area (Å²) in [5.41, 5.74) is 1.17. The normalized spacial score (nSPS) is 17.7. The summed E-state index contributed by atoms with van der Waals surface area (Å²) in [6, 6.07) is 7.43. The lowest BCUT2D eigenvalue weighted by atomic mass is 10.1. The van der Waals surface area contributed by atoms with Crippen molar-refractivity contribution in [2.45, 2.75) is 25.8 Å². The van der Waals surface area contributed by atoms with Gasteiger partial charge in [-0.1, -0.05) is 18.2 Å². The third kappa shape index (κ3) is 3.67. The monoisotopic (exact) mass is 383 g/mol. The van der Waals surface area contributed by atoms with Gasteiger partial charge in [0.15, 0.2) is 0 Å². The first-order chi connectivity index (χ1) is 13.6. The van der Waals surface area contributed by atoms with E-state index in [2.05, 4.69) is 0 Å². The number of piperidine rings is 1. The largest absolute Gasteiger partial charge is 0.378 e. The van der Waals surface area contributed by atoms with Gasteiger partial charge in [-0.25, -0.2) is 0 Å². The maximum atomic E-state index is 12.9. The highest BCUT2D eigenvalue weighted by Gasteiger charge is 2.28. The topological polar surface area (TPSA) is 71.9 Å². The van der Waals surface area contributed by atoms with Crippen molar-refractivity contribution in [3.63, 3.8) is 0 Å². The number of rotatable bonds is 4. The summed E-state index contributed by atoms with van der Waals surface area (Å²) in [4.78, 5) is 41.7. The Labute approximate surface area is 163 Å². The minimum atomic E-state index is -0.490. The van der Waals surface area contributed by atoms with Gasteiger partial charge in [-0.15, -0.1) is 0 Å². The maximum absolute atomic E-state index is 12.9. The van der Waals surface area contributed by atoms with Gasteiger partial charge in [0.05, 0.1) is 18.8 Å². The van der Waals surface area contributed by atoms with Crippen LogP contribution in [0.3, 0.4) is 0 Å². The fourth-order valence-electron chi connectivity index (χ4n) is 3.97. The van der Waals surface area contributed by atoms with Crippen LogP contribution in [-0.4, -0.2) is 71.4 Å². The fourth-order valence-corrected chi connectivity index (χ4v) is 3.97. The highest BCUT2D eigenvalue weighted by Crippen LogP contribution is 2.23. The third-order valence-corrected chi connectivity index (χ3v) is 5.54. The molecule has 4 rings (SSSR count). The van der Waals surface area contributed by atoms with E-state index in [1.807, 2.05) is 24.3 Å². The van der Waals surface area contributed by atoms with Gasteiger partial charge in [0.2, 0.25) is 5.91 Å². The predicted octanol–water partition coefficient (Wildman–Crippen LogP) is 1.70. The summed E-state index contributed by atoms with van der Waals surface area (Å²) in [5, 5.41) is 0.715. The third-order valence-electron chi connectivity index (χ3n) is 5.54. The van der Waals surface area contributed by atoms with Crippen molar-refractivity contribution >= 4 is 28.5 Å². The van der Waals surface area contributed by atoms with Gasteiger partial charge in [-0.3, -0.25) is 14.4 Å². The molecule has 28 heavy (non-hydrogen) atoms. The second-order valence-corrected chi connectivity index (χ2v) is 7.36. The van der Waals surface area contributed by atoms with Crippen LogP contribution in [0.2, 0.25) is 0 Å². The SMILES string of the molecule is O=C(C(=O)N1CCCCC1)c1cn(CC(=O)N2CCOCC2)c2ccccc12. The zero-order valence-corrected chi connectivity index (χ0v) is 15.9. The molecule has 2 fully saturated rings. The molecule has 2 saturated heterocycles. The quantitative estimate of drug-likeness (QED) is 0.595. The number of hydrogen-bond acceptors (Lipinski definition) is 4. The van der Waals surface area contributed by atoms with Crippen LogP contribution in [0.25, 0.3) is 10.9 Å². The Morgan fingerprint density at radius 3 is 2.36 bits per heavy atom.